The highest BCUT2D eigenvalue weighted by molar-refractivity contribution is 5.87. The van der Waals surface area contributed by atoms with Crippen LogP contribution < -0.4 is 5.32 Å². The first-order valence-corrected chi connectivity index (χ1v) is 8.35. The van der Waals surface area contributed by atoms with Gasteiger partial charge >= 0.3 is 5.97 Å². The number of allylic oxidation sites excluding steroid dienone is 2. The molecule has 0 spiro atoms. The number of ether oxygens (including phenoxy) is 1. The van der Waals surface area contributed by atoms with E-state index in [4.69, 9.17) is 4.74 Å². The lowest BCUT2D eigenvalue weighted by atomic mass is 9.86. The number of rotatable bonds is 7. The molecular weight excluding hydrogens is 302 g/mol. The third-order valence-corrected chi connectivity index (χ3v) is 4.61. The van der Waals surface area contributed by atoms with Crippen LogP contribution in [-0.2, 0) is 20.9 Å². The predicted molar refractivity (Wildman–Crippen MR) is 93.9 cm³/mol. The standard InChI is InChI=1S/C20H25NO3/c1-4-15-12-16(5-2)18(17(15)19(22)21-6-3)20(23)24-13-14-10-8-7-9-11-14/h4-5,7-11,15-18H,1-2,6,12-13H2,3H3,(H,21,22). The molecule has 0 heterocycles. The van der Waals surface area contributed by atoms with Crippen LogP contribution in [0.25, 0.3) is 0 Å². The topological polar surface area (TPSA) is 55.4 Å². The molecule has 1 N–H and O–H groups in total. The number of hydrogen-bond acceptors (Lipinski definition) is 3. The van der Waals surface area contributed by atoms with Crippen molar-refractivity contribution in [3.05, 3.63) is 61.2 Å². The Labute approximate surface area is 143 Å². The van der Waals surface area contributed by atoms with Gasteiger partial charge in [-0.05, 0) is 30.7 Å². The molecule has 1 aromatic rings. The van der Waals surface area contributed by atoms with Gasteiger partial charge in [-0.1, -0.05) is 42.5 Å². The maximum atomic E-state index is 12.7. The molecule has 0 aromatic heterocycles. The van der Waals surface area contributed by atoms with Crippen LogP contribution in [0.1, 0.15) is 18.9 Å². The summed E-state index contributed by atoms with van der Waals surface area (Å²) in [5.74, 6) is -1.55. The normalized spacial score (nSPS) is 25.7. The van der Waals surface area contributed by atoms with Crippen LogP contribution in [0.3, 0.4) is 0 Å². The molecule has 4 unspecified atom stereocenters. The van der Waals surface area contributed by atoms with E-state index >= 15 is 0 Å². The molecular formula is C20H25NO3. The number of amides is 1. The van der Waals surface area contributed by atoms with Gasteiger partial charge in [-0.15, -0.1) is 13.2 Å². The lowest BCUT2D eigenvalue weighted by Crippen LogP contribution is -2.39. The van der Waals surface area contributed by atoms with Crippen molar-refractivity contribution in [2.75, 3.05) is 6.54 Å². The Hall–Kier alpha value is -2.36. The quantitative estimate of drug-likeness (QED) is 0.618. The predicted octanol–water partition coefficient (Wildman–Crippen LogP) is 3.11. The average Bonchev–Trinajstić information content (AvgIpc) is 2.99. The Morgan fingerprint density at radius 3 is 2.38 bits per heavy atom. The summed E-state index contributed by atoms with van der Waals surface area (Å²) in [6.45, 7) is 10.3. The molecule has 1 amide bonds. The van der Waals surface area contributed by atoms with Crippen molar-refractivity contribution >= 4 is 11.9 Å². The summed E-state index contributed by atoms with van der Waals surface area (Å²) in [6.07, 6.45) is 4.21. The van der Waals surface area contributed by atoms with Crippen LogP contribution in [0.4, 0.5) is 0 Å². The van der Waals surface area contributed by atoms with E-state index in [2.05, 4.69) is 18.5 Å². The highest BCUT2D eigenvalue weighted by Gasteiger charge is 2.49. The molecule has 4 heteroatoms. The highest BCUT2D eigenvalue weighted by atomic mass is 16.5. The molecule has 4 atom stereocenters. The number of benzene rings is 1. The van der Waals surface area contributed by atoms with Crippen LogP contribution in [0.15, 0.2) is 55.6 Å². The zero-order chi connectivity index (χ0) is 17.5. The zero-order valence-corrected chi connectivity index (χ0v) is 14.1. The number of carbonyl (C=O) groups excluding carboxylic acids is 2. The van der Waals surface area contributed by atoms with Crippen molar-refractivity contribution in [3.63, 3.8) is 0 Å². The highest BCUT2D eigenvalue weighted by Crippen LogP contribution is 2.43. The molecule has 1 saturated carbocycles. The molecule has 1 aliphatic carbocycles. The van der Waals surface area contributed by atoms with Crippen LogP contribution >= 0.6 is 0 Å². The molecule has 1 aliphatic rings. The molecule has 0 saturated heterocycles. The van der Waals surface area contributed by atoms with Gasteiger partial charge in [0.05, 0.1) is 11.8 Å². The third-order valence-electron chi connectivity index (χ3n) is 4.61. The first kappa shape index (κ1) is 18.0. The number of carbonyl (C=O) groups is 2. The van der Waals surface area contributed by atoms with Crippen LogP contribution in [0, 0.1) is 23.7 Å². The van der Waals surface area contributed by atoms with Crippen molar-refractivity contribution in [1.29, 1.82) is 0 Å². The van der Waals surface area contributed by atoms with Gasteiger partial charge in [0.25, 0.3) is 0 Å². The van der Waals surface area contributed by atoms with Crippen molar-refractivity contribution < 1.29 is 14.3 Å². The monoisotopic (exact) mass is 327 g/mol. The zero-order valence-electron chi connectivity index (χ0n) is 14.1. The van der Waals surface area contributed by atoms with Crippen molar-refractivity contribution in [1.82, 2.24) is 5.32 Å². The van der Waals surface area contributed by atoms with Gasteiger partial charge in [0.2, 0.25) is 5.91 Å². The van der Waals surface area contributed by atoms with Crippen molar-refractivity contribution in [3.8, 4) is 0 Å². The number of hydrogen-bond donors (Lipinski definition) is 1. The minimum absolute atomic E-state index is 0.0474. The summed E-state index contributed by atoms with van der Waals surface area (Å²) < 4.78 is 5.49. The fourth-order valence-corrected chi connectivity index (χ4v) is 3.42. The molecule has 1 fully saturated rings. The van der Waals surface area contributed by atoms with Crippen molar-refractivity contribution in [2.24, 2.45) is 23.7 Å². The second-order valence-electron chi connectivity index (χ2n) is 6.07. The molecule has 2 rings (SSSR count). The lowest BCUT2D eigenvalue weighted by molar-refractivity contribution is -0.154. The Kier molecular flexibility index (Phi) is 6.36. The van der Waals surface area contributed by atoms with Crippen LogP contribution in [-0.4, -0.2) is 18.4 Å². The van der Waals surface area contributed by atoms with Crippen LogP contribution in [0.5, 0.6) is 0 Å². The fraction of sp³-hybridized carbons (Fsp3) is 0.400. The third kappa shape index (κ3) is 3.94. The molecule has 1 aromatic carbocycles. The summed E-state index contributed by atoms with van der Waals surface area (Å²) in [5.41, 5.74) is 0.925. The smallest absolute Gasteiger partial charge is 0.310 e. The summed E-state index contributed by atoms with van der Waals surface area (Å²) >= 11 is 0. The SMILES string of the molecule is C=CC1CC(C=C)C(C(=O)OCc2ccccc2)C1C(=O)NCC. The van der Waals surface area contributed by atoms with E-state index < -0.39 is 11.8 Å². The average molecular weight is 327 g/mol. The van der Waals surface area contributed by atoms with Gasteiger partial charge in [0, 0.05) is 6.54 Å². The second-order valence-corrected chi connectivity index (χ2v) is 6.07. The minimum atomic E-state index is -0.513. The van der Waals surface area contributed by atoms with Gasteiger partial charge in [0.1, 0.15) is 6.61 Å². The number of nitrogens with one attached hydrogen (secondary N) is 1. The molecule has 24 heavy (non-hydrogen) atoms. The molecule has 0 aliphatic heterocycles. The largest absolute Gasteiger partial charge is 0.461 e. The molecule has 4 nitrogen and oxygen atoms in total. The van der Waals surface area contributed by atoms with Gasteiger partial charge in [-0.2, -0.15) is 0 Å². The summed E-state index contributed by atoms with van der Waals surface area (Å²) in [7, 11) is 0. The van der Waals surface area contributed by atoms with E-state index in [-0.39, 0.29) is 30.3 Å². The first-order valence-electron chi connectivity index (χ1n) is 8.35. The van der Waals surface area contributed by atoms with E-state index in [1.165, 1.54) is 0 Å². The number of esters is 1. The minimum Gasteiger partial charge on any atom is -0.461 e. The van der Waals surface area contributed by atoms with E-state index in [1.807, 2.05) is 37.3 Å². The van der Waals surface area contributed by atoms with E-state index in [9.17, 15) is 9.59 Å². The summed E-state index contributed by atoms with van der Waals surface area (Å²) in [5, 5.41) is 2.83. The Morgan fingerprint density at radius 1 is 1.17 bits per heavy atom. The molecule has 128 valence electrons. The van der Waals surface area contributed by atoms with Gasteiger partial charge in [0.15, 0.2) is 0 Å². The molecule has 0 radical (unpaired) electrons. The maximum Gasteiger partial charge on any atom is 0.310 e. The Bertz CT molecular complexity index is 596. The van der Waals surface area contributed by atoms with Gasteiger partial charge < -0.3 is 10.1 Å². The van der Waals surface area contributed by atoms with Gasteiger partial charge in [-0.25, -0.2) is 0 Å². The lowest BCUT2D eigenvalue weighted by Gasteiger charge is -2.22. The maximum absolute atomic E-state index is 12.7. The van der Waals surface area contributed by atoms with E-state index in [0.717, 1.165) is 5.56 Å². The first-order chi connectivity index (χ1) is 11.6. The Balaban J connectivity index is 2.15. The van der Waals surface area contributed by atoms with Gasteiger partial charge in [-0.3, -0.25) is 9.59 Å². The van der Waals surface area contributed by atoms with Crippen molar-refractivity contribution in [2.45, 2.75) is 20.0 Å². The summed E-state index contributed by atoms with van der Waals surface area (Å²) in [4.78, 5) is 25.1. The summed E-state index contributed by atoms with van der Waals surface area (Å²) in [6, 6.07) is 9.52. The second kappa shape index (κ2) is 8.48. The molecule has 0 bridgehead atoms. The fourth-order valence-electron chi connectivity index (χ4n) is 3.42. The van der Waals surface area contributed by atoms with E-state index in [1.54, 1.807) is 12.2 Å². The van der Waals surface area contributed by atoms with E-state index in [0.29, 0.717) is 13.0 Å². The Morgan fingerprint density at radius 2 is 1.79 bits per heavy atom. The van der Waals surface area contributed by atoms with Crippen LogP contribution in [0.2, 0.25) is 0 Å².